The van der Waals surface area contributed by atoms with Gasteiger partial charge in [-0.25, -0.2) is 29.9 Å². The van der Waals surface area contributed by atoms with Gasteiger partial charge in [-0.15, -0.1) is 0 Å². The summed E-state index contributed by atoms with van der Waals surface area (Å²) in [5.41, 5.74) is 2.80. The molecule has 274 valence electrons. The van der Waals surface area contributed by atoms with Crippen LogP contribution in [0, 0.1) is 0 Å². The topological polar surface area (TPSA) is 285 Å². The summed E-state index contributed by atoms with van der Waals surface area (Å²) >= 11 is 0. The molecule has 2 N–H and O–H groups in total. The van der Waals surface area contributed by atoms with E-state index in [0.29, 0.717) is 43.8 Å². The molecular formula is C36H22N12O8. The molecule has 0 unspecified atom stereocenters. The van der Waals surface area contributed by atoms with Gasteiger partial charge in [0, 0.05) is 46.2 Å². The number of pyridine rings is 4. The number of hydrogen-bond acceptors (Lipinski definition) is 14. The zero-order chi connectivity index (χ0) is 38.8. The van der Waals surface area contributed by atoms with E-state index in [1.807, 2.05) is 0 Å². The molecule has 2 aliphatic rings. The first-order valence-corrected chi connectivity index (χ1v) is 16.7. The summed E-state index contributed by atoms with van der Waals surface area (Å²) in [6.07, 6.45) is 12.3. The Balaban J connectivity index is 1.43. The van der Waals surface area contributed by atoms with Crippen molar-refractivity contribution in [1.29, 1.82) is 0 Å². The summed E-state index contributed by atoms with van der Waals surface area (Å²) in [7, 11) is 0. The van der Waals surface area contributed by atoms with Gasteiger partial charge in [0.15, 0.2) is 99.1 Å². The molecule has 7 aromatic heterocycles. The van der Waals surface area contributed by atoms with Crippen molar-refractivity contribution in [2.75, 3.05) is 0 Å². The van der Waals surface area contributed by atoms with Crippen molar-refractivity contribution in [2.24, 2.45) is 0 Å². The number of aromatic nitrogens is 12. The summed E-state index contributed by atoms with van der Waals surface area (Å²) in [6.45, 7) is -1.83. The van der Waals surface area contributed by atoms with E-state index in [1.165, 1.54) is 43.1 Å². The van der Waals surface area contributed by atoms with Crippen molar-refractivity contribution in [3.05, 3.63) is 73.8 Å². The third-order valence-electron chi connectivity index (χ3n) is 9.07. The number of carbonyl (C=O) groups is 4. The molecule has 8 bridgehead atoms. The Morgan fingerprint density at radius 2 is 0.714 bits per heavy atom. The number of nitrogens with zero attached hydrogens (tertiary/aromatic N) is 10. The van der Waals surface area contributed by atoms with Gasteiger partial charge in [0.05, 0.1) is 21.9 Å². The molecule has 20 nitrogen and oxygen atoms in total. The number of carboxylic acids is 4. The normalized spacial score (nSPS) is 11.7. The summed E-state index contributed by atoms with van der Waals surface area (Å²) in [6, 6.07) is 6.54. The molecule has 2 aliphatic heterocycles. The van der Waals surface area contributed by atoms with Crippen molar-refractivity contribution in [1.82, 2.24) is 39.9 Å². The minimum Gasteiger partial charge on any atom is -0.544 e. The number of carbonyl (C=O) groups excluding carboxylic acids is 4. The Labute approximate surface area is 311 Å². The lowest BCUT2D eigenvalue weighted by molar-refractivity contribution is -0.690. The summed E-state index contributed by atoms with van der Waals surface area (Å²) in [5.74, 6) is -4.65. The smallest absolute Gasteiger partial charge is 0.187 e. The molecule has 0 radical (unpaired) electrons. The van der Waals surface area contributed by atoms with Gasteiger partial charge in [-0.05, 0) is 0 Å². The number of rotatable bonds is 8. The second kappa shape index (κ2) is 12.8. The molecule has 20 heteroatoms. The van der Waals surface area contributed by atoms with Crippen LogP contribution in [0.1, 0.15) is 0 Å². The fourth-order valence-electron chi connectivity index (χ4n) is 6.73. The number of aromatic amines is 2. The fraction of sp³-hybridized carbons (Fsp3) is 0.111. The molecule has 0 amide bonds. The van der Waals surface area contributed by atoms with Gasteiger partial charge in [0.2, 0.25) is 0 Å². The monoisotopic (exact) mass is 750 g/mol. The van der Waals surface area contributed by atoms with Crippen LogP contribution in [0.5, 0.6) is 0 Å². The first kappa shape index (κ1) is 33.7. The fourth-order valence-corrected chi connectivity index (χ4v) is 6.73. The van der Waals surface area contributed by atoms with Gasteiger partial charge in [-0.1, -0.05) is 0 Å². The van der Waals surface area contributed by atoms with Gasteiger partial charge in [0.1, 0.15) is 46.5 Å². The lowest BCUT2D eigenvalue weighted by Gasteiger charge is -2.00. The highest BCUT2D eigenvalue weighted by atomic mass is 16.4. The van der Waals surface area contributed by atoms with E-state index in [9.17, 15) is 39.6 Å². The number of hydrogen-bond donors (Lipinski definition) is 2. The van der Waals surface area contributed by atoms with Gasteiger partial charge < -0.3 is 49.6 Å². The van der Waals surface area contributed by atoms with E-state index < -0.39 is 50.1 Å². The summed E-state index contributed by atoms with van der Waals surface area (Å²) < 4.78 is 5.59. The van der Waals surface area contributed by atoms with Crippen molar-refractivity contribution in [2.45, 2.75) is 26.2 Å². The third kappa shape index (κ3) is 6.01. The SMILES string of the molecule is O=C([O-])C[n+]1ccc2c(c1)-c1nc-2nc2[nH]c(nc3nc(nc4[nH]c(n1)c1cc[n+](CC(=O)[O-])cc41)-c1cc[n+](CC(=O)[O-])cc1-3)c1cc[n+](CC(=O)[O-])cc21. The number of carboxylic acid groups (broad SMARTS) is 4. The van der Waals surface area contributed by atoms with Crippen LogP contribution < -0.4 is 38.7 Å². The molecule has 0 saturated carbocycles. The maximum absolute atomic E-state index is 11.5. The van der Waals surface area contributed by atoms with Crippen LogP contribution in [-0.4, -0.2) is 63.7 Å². The molecule has 0 atom stereocenters. The molecule has 0 aromatic carbocycles. The third-order valence-corrected chi connectivity index (χ3v) is 9.07. The van der Waals surface area contributed by atoms with Gasteiger partial charge in [-0.3, -0.25) is 0 Å². The second-order valence-corrected chi connectivity index (χ2v) is 12.9. The van der Waals surface area contributed by atoms with Crippen LogP contribution in [0.25, 0.3) is 89.7 Å². The van der Waals surface area contributed by atoms with Crippen LogP contribution in [0.15, 0.2) is 73.8 Å². The number of aliphatic carboxylic acids is 4. The van der Waals surface area contributed by atoms with Crippen LogP contribution in [-0.2, 0) is 45.4 Å². The van der Waals surface area contributed by atoms with E-state index in [0.717, 1.165) is 0 Å². The molecule has 9 heterocycles. The van der Waals surface area contributed by atoms with E-state index in [4.69, 9.17) is 29.9 Å². The highest BCUT2D eigenvalue weighted by molar-refractivity contribution is 6.05. The van der Waals surface area contributed by atoms with Gasteiger partial charge in [0.25, 0.3) is 0 Å². The van der Waals surface area contributed by atoms with Crippen LogP contribution in [0.3, 0.4) is 0 Å². The summed E-state index contributed by atoms with van der Waals surface area (Å²) in [4.78, 5) is 81.5. The van der Waals surface area contributed by atoms with Crippen LogP contribution in [0.4, 0.5) is 0 Å². The summed E-state index contributed by atoms with van der Waals surface area (Å²) in [5, 5.41) is 48.1. The Morgan fingerprint density at radius 3 is 1.07 bits per heavy atom. The minimum atomic E-state index is -1.32. The zero-order valence-electron chi connectivity index (χ0n) is 28.5. The number of H-pyrrole nitrogens is 2. The van der Waals surface area contributed by atoms with Crippen molar-refractivity contribution < 1.29 is 57.9 Å². The Hall–Kier alpha value is -8.16. The number of fused-ring (bicyclic) bond motifs is 20. The first-order valence-electron chi connectivity index (χ1n) is 16.7. The van der Waals surface area contributed by atoms with Crippen molar-refractivity contribution >= 4 is 68.0 Å². The predicted octanol–water partition coefficient (Wildman–Crippen LogP) is -4.98. The van der Waals surface area contributed by atoms with E-state index in [1.54, 1.807) is 49.1 Å². The average molecular weight is 751 g/mol. The molecule has 0 spiro atoms. The Kier molecular flexibility index (Phi) is 7.67. The van der Waals surface area contributed by atoms with E-state index in [-0.39, 0.29) is 45.9 Å². The lowest BCUT2D eigenvalue weighted by Crippen LogP contribution is -2.43. The molecule has 56 heavy (non-hydrogen) atoms. The second-order valence-electron chi connectivity index (χ2n) is 12.9. The molecular weight excluding hydrogens is 728 g/mol. The van der Waals surface area contributed by atoms with Gasteiger partial charge >= 0.3 is 0 Å². The van der Waals surface area contributed by atoms with E-state index in [2.05, 4.69) is 9.97 Å². The average Bonchev–Trinajstić information content (AvgIpc) is 3.85. The first-order chi connectivity index (χ1) is 26.9. The molecule has 0 saturated heterocycles. The Morgan fingerprint density at radius 1 is 0.411 bits per heavy atom. The Bertz CT molecular complexity index is 2880. The molecule has 0 fully saturated rings. The quantitative estimate of drug-likeness (QED) is 0.138. The maximum atomic E-state index is 11.5. The highest BCUT2D eigenvalue weighted by Gasteiger charge is 2.27. The van der Waals surface area contributed by atoms with Crippen molar-refractivity contribution in [3.63, 3.8) is 0 Å². The molecule has 9 rings (SSSR count). The largest absolute Gasteiger partial charge is 0.544 e. The minimum absolute atomic E-state index is 0.143. The lowest BCUT2D eigenvalue weighted by atomic mass is 10.1. The number of nitrogens with one attached hydrogen (secondary N) is 2. The predicted molar refractivity (Wildman–Crippen MR) is 177 cm³/mol. The van der Waals surface area contributed by atoms with Crippen LogP contribution >= 0.6 is 0 Å². The zero-order valence-corrected chi connectivity index (χ0v) is 28.5. The van der Waals surface area contributed by atoms with Gasteiger partial charge in [-0.2, -0.15) is 18.3 Å². The van der Waals surface area contributed by atoms with Crippen molar-refractivity contribution in [3.8, 4) is 45.6 Å². The maximum Gasteiger partial charge on any atom is 0.187 e. The standard InChI is InChI=1S/C36H22N12O8/c49-25(50)13-45-5-1-17-21(9-45)33-37-29(17)41-34-22-10-46(14-26(51)52)6-2-18(22)31(38-34)43-36-24-12-48(16-28(55)56)8-4-20(24)32(40-36)44-35-23-11-47(15-27(53)54)7-3-19(23)30(39-35)42-33/h1-12H,13-16H2,(H2-3,37,38,39,40,41,42,43,44,49,50,51,52,53,54,55,56). The van der Waals surface area contributed by atoms with Crippen LogP contribution in [0.2, 0.25) is 0 Å². The highest BCUT2D eigenvalue weighted by Crippen LogP contribution is 2.35. The molecule has 0 aliphatic carbocycles. The molecule has 7 aromatic rings. The van der Waals surface area contributed by atoms with E-state index >= 15 is 0 Å².